The molecule has 3 rings (SSSR count). The van der Waals surface area contributed by atoms with Gasteiger partial charge in [-0.25, -0.2) is 0 Å². The molecule has 0 bridgehead atoms. The van der Waals surface area contributed by atoms with Gasteiger partial charge < -0.3 is 4.74 Å². The third kappa shape index (κ3) is 2.74. The summed E-state index contributed by atoms with van der Waals surface area (Å²) in [5, 5.41) is -0.0406. The van der Waals surface area contributed by atoms with Gasteiger partial charge >= 0.3 is 0 Å². The van der Waals surface area contributed by atoms with Crippen LogP contribution in [-0.2, 0) is 12.8 Å². The Bertz CT molecular complexity index is 580. The summed E-state index contributed by atoms with van der Waals surface area (Å²) in [6.45, 7) is 2.82. The lowest BCUT2D eigenvalue weighted by molar-refractivity contribution is 0.357. The second kappa shape index (κ2) is 5.22. The van der Waals surface area contributed by atoms with Gasteiger partial charge in [-0.1, -0.05) is 18.2 Å². The summed E-state index contributed by atoms with van der Waals surface area (Å²) in [4.78, 5) is 4.41. The zero-order valence-electron chi connectivity index (χ0n) is 10.9. The number of aromatic nitrogens is 1. The normalized spacial score (nSPS) is 14.8. The first-order valence-corrected chi connectivity index (χ1v) is 6.97. The van der Waals surface area contributed by atoms with E-state index in [1.54, 1.807) is 0 Å². The highest BCUT2D eigenvalue weighted by atomic mass is 35.5. The molecule has 0 aliphatic carbocycles. The minimum atomic E-state index is -0.0406. The molecular formula is C16H16ClNO. The number of ether oxygens (including phenoxy) is 1. The number of fused-ring (bicyclic) bond motifs is 1. The lowest BCUT2D eigenvalue weighted by Gasteiger charge is -2.11. The molecule has 3 heteroatoms. The van der Waals surface area contributed by atoms with Gasteiger partial charge in [-0.2, -0.15) is 0 Å². The molecule has 0 N–H and O–H groups in total. The lowest BCUT2D eigenvalue weighted by atomic mass is 10.0. The van der Waals surface area contributed by atoms with Crippen molar-refractivity contribution in [3.8, 4) is 5.75 Å². The molecule has 1 aliphatic rings. The standard InChI is InChI=1S/C16H16ClNO/c1-11-2-4-14(18-10-11)9-15(17)12-3-5-16-13(8-12)6-7-19-16/h2-5,8,10,15H,6-7,9H2,1H3. The molecule has 1 aliphatic heterocycles. The van der Waals surface area contributed by atoms with Crippen molar-refractivity contribution in [3.05, 3.63) is 58.9 Å². The Morgan fingerprint density at radius 1 is 1.32 bits per heavy atom. The number of hydrogen-bond acceptors (Lipinski definition) is 2. The van der Waals surface area contributed by atoms with Crippen LogP contribution in [-0.4, -0.2) is 11.6 Å². The quantitative estimate of drug-likeness (QED) is 0.793. The van der Waals surface area contributed by atoms with E-state index in [1.165, 1.54) is 11.1 Å². The predicted octanol–water partition coefficient (Wildman–Crippen LogP) is 3.85. The molecule has 19 heavy (non-hydrogen) atoms. The Balaban J connectivity index is 1.76. The molecule has 0 spiro atoms. The second-order valence-corrected chi connectivity index (χ2v) is 5.49. The molecule has 0 saturated carbocycles. The molecule has 98 valence electrons. The van der Waals surface area contributed by atoms with E-state index in [4.69, 9.17) is 16.3 Å². The Morgan fingerprint density at radius 2 is 2.21 bits per heavy atom. The third-order valence-electron chi connectivity index (χ3n) is 3.44. The number of alkyl halides is 1. The van der Waals surface area contributed by atoms with Gasteiger partial charge in [0.15, 0.2) is 0 Å². The zero-order chi connectivity index (χ0) is 13.2. The smallest absolute Gasteiger partial charge is 0.122 e. The average molecular weight is 274 g/mol. The predicted molar refractivity (Wildman–Crippen MR) is 76.9 cm³/mol. The molecule has 0 fully saturated rings. The van der Waals surface area contributed by atoms with Crippen LogP contribution in [0.25, 0.3) is 0 Å². The van der Waals surface area contributed by atoms with Crippen LogP contribution in [0.5, 0.6) is 5.75 Å². The minimum absolute atomic E-state index is 0.0406. The van der Waals surface area contributed by atoms with Crippen LogP contribution in [0.3, 0.4) is 0 Å². The first kappa shape index (κ1) is 12.5. The van der Waals surface area contributed by atoms with Crippen molar-refractivity contribution in [2.24, 2.45) is 0 Å². The number of halogens is 1. The van der Waals surface area contributed by atoms with E-state index in [-0.39, 0.29) is 5.38 Å². The van der Waals surface area contributed by atoms with E-state index in [1.807, 2.05) is 25.3 Å². The Kier molecular flexibility index (Phi) is 3.43. The van der Waals surface area contributed by atoms with Crippen LogP contribution in [0.15, 0.2) is 36.5 Å². The highest BCUT2D eigenvalue weighted by Crippen LogP contribution is 2.31. The van der Waals surface area contributed by atoms with Crippen molar-refractivity contribution in [2.45, 2.75) is 25.1 Å². The van der Waals surface area contributed by atoms with Gasteiger partial charge in [0.1, 0.15) is 5.75 Å². The first-order chi connectivity index (χ1) is 9.22. The number of benzene rings is 1. The highest BCUT2D eigenvalue weighted by molar-refractivity contribution is 6.20. The van der Waals surface area contributed by atoms with Crippen LogP contribution < -0.4 is 4.74 Å². The molecule has 1 aromatic carbocycles. The third-order valence-corrected chi connectivity index (χ3v) is 3.84. The maximum Gasteiger partial charge on any atom is 0.122 e. The summed E-state index contributed by atoms with van der Waals surface area (Å²) in [5.41, 5.74) is 4.61. The summed E-state index contributed by atoms with van der Waals surface area (Å²) >= 11 is 6.50. The van der Waals surface area contributed by atoms with Gasteiger partial charge in [0.05, 0.1) is 12.0 Å². The van der Waals surface area contributed by atoms with E-state index in [9.17, 15) is 0 Å². The van der Waals surface area contributed by atoms with Gasteiger partial charge in [0, 0.05) is 24.7 Å². The monoisotopic (exact) mass is 273 g/mol. The Morgan fingerprint density at radius 3 is 3.00 bits per heavy atom. The maximum atomic E-state index is 6.50. The van der Waals surface area contributed by atoms with Crippen LogP contribution >= 0.6 is 11.6 Å². The summed E-state index contributed by atoms with van der Waals surface area (Å²) in [6, 6.07) is 10.4. The highest BCUT2D eigenvalue weighted by Gasteiger charge is 2.16. The SMILES string of the molecule is Cc1ccc(CC(Cl)c2ccc3c(c2)CCO3)nc1. The van der Waals surface area contributed by atoms with Crippen molar-refractivity contribution in [2.75, 3.05) is 6.61 Å². The van der Waals surface area contributed by atoms with E-state index < -0.39 is 0 Å². The number of nitrogens with zero attached hydrogens (tertiary/aromatic N) is 1. The van der Waals surface area contributed by atoms with Crippen molar-refractivity contribution >= 4 is 11.6 Å². The van der Waals surface area contributed by atoms with E-state index in [2.05, 4.69) is 23.2 Å². The molecule has 2 heterocycles. The summed E-state index contributed by atoms with van der Waals surface area (Å²) in [6.07, 6.45) is 3.62. The molecular weight excluding hydrogens is 258 g/mol. The van der Waals surface area contributed by atoms with Gasteiger partial charge in [0.2, 0.25) is 0 Å². The fourth-order valence-electron chi connectivity index (χ4n) is 2.32. The van der Waals surface area contributed by atoms with Crippen LogP contribution in [0, 0.1) is 6.92 Å². The molecule has 2 nitrogen and oxygen atoms in total. The molecule has 0 radical (unpaired) electrons. The van der Waals surface area contributed by atoms with Crippen LogP contribution in [0.1, 0.15) is 27.8 Å². The summed E-state index contributed by atoms with van der Waals surface area (Å²) < 4.78 is 5.51. The number of pyridine rings is 1. The van der Waals surface area contributed by atoms with Crippen molar-refractivity contribution in [1.82, 2.24) is 4.98 Å². The first-order valence-electron chi connectivity index (χ1n) is 6.53. The molecule has 0 amide bonds. The van der Waals surface area contributed by atoms with Crippen LogP contribution in [0.2, 0.25) is 0 Å². The average Bonchev–Trinajstić information content (AvgIpc) is 2.88. The van der Waals surface area contributed by atoms with Gasteiger partial charge in [-0.05, 0) is 35.7 Å². The number of rotatable bonds is 3. The molecule has 1 aromatic heterocycles. The van der Waals surface area contributed by atoms with Gasteiger partial charge in [-0.15, -0.1) is 11.6 Å². The largest absolute Gasteiger partial charge is 0.493 e. The van der Waals surface area contributed by atoms with Crippen LogP contribution in [0.4, 0.5) is 0 Å². The van der Waals surface area contributed by atoms with Gasteiger partial charge in [-0.3, -0.25) is 4.98 Å². The lowest BCUT2D eigenvalue weighted by Crippen LogP contribution is -1.99. The molecule has 0 saturated heterocycles. The Hall–Kier alpha value is -1.54. The molecule has 1 atom stereocenters. The second-order valence-electron chi connectivity index (χ2n) is 4.96. The number of aryl methyl sites for hydroxylation is 1. The fraction of sp³-hybridized carbons (Fsp3) is 0.312. The van der Waals surface area contributed by atoms with Crippen molar-refractivity contribution in [3.63, 3.8) is 0 Å². The van der Waals surface area contributed by atoms with Crippen molar-refractivity contribution in [1.29, 1.82) is 0 Å². The van der Waals surface area contributed by atoms with Gasteiger partial charge in [0.25, 0.3) is 0 Å². The number of hydrogen-bond donors (Lipinski definition) is 0. The molecule has 1 unspecified atom stereocenters. The van der Waals surface area contributed by atoms with Crippen molar-refractivity contribution < 1.29 is 4.74 Å². The van der Waals surface area contributed by atoms with E-state index in [0.29, 0.717) is 0 Å². The Labute approximate surface area is 118 Å². The maximum absolute atomic E-state index is 6.50. The molecule has 2 aromatic rings. The minimum Gasteiger partial charge on any atom is -0.493 e. The van der Waals surface area contributed by atoms with E-state index >= 15 is 0 Å². The summed E-state index contributed by atoms with van der Waals surface area (Å²) in [7, 11) is 0. The summed E-state index contributed by atoms with van der Waals surface area (Å²) in [5.74, 6) is 1.00. The van der Waals surface area contributed by atoms with E-state index in [0.717, 1.165) is 36.5 Å². The zero-order valence-corrected chi connectivity index (χ0v) is 11.7. The fourth-order valence-corrected chi connectivity index (χ4v) is 2.62. The topological polar surface area (TPSA) is 22.1 Å².